The highest BCUT2D eigenvalue weighted by Crippen LogP contribution is 2.25. The molecule has 1 unspecified atom stereocenters. The molecule has 1 aliphatic heterocycles. The number of likely N-dealkylation sites (tertiary alicyclic amines) is 1. The number of hydrogen-bond donors (Lipinski definition) is 0. The molecule has 1 atom stereocenters. The summed E-state index contributed by atoms with van der Waals surface area (Å²) in [4.78, 5) is 23.0. The van der Waals surface area contributed by atoms with E-state index in [1.807, 2.05) is 17.5 Å². The fraction of sp³-hybridized carbons (Fsp3) is 0.357. The minimum atomic E-state index is -0.0838. The quantitative estimate of drug-likeness (QED) is 0.862. The molecule has 0 aromatic carbocycles. The van der Waals surface area contributed by atoms with Gasteiger partial charge in [-0.1, -0.05) is 6.07 Å². The van der Waals surface area contributed by atoms with Crippen LogP contribution in [0.2, 0.25) is 0 Å². The summed E-state index contributed by atoms with van der Waals surface area (Å²) in [5, 5.41) is 1.90. The topological polar surface area (TPSA) is 64.6 Å². The van der Waals surface area contributed by atoms with E-state index in [4.69, 9.17) is 9.47 Å². The van der Waals surface area contributed by atoms with E-state index in [1.54, 1.807) is 17.3 Å². The van der Waals surface area contributed by atoms with Gasteiger partial charge in [-0.25, -0.2) is 9.97 Å². The third-order valence-electron chi connectivity index (χ3n) is 3.27. The van der Waals surface area contributed by atoms with Crippen molar-refractivity contribution >= 4 is 17.2 Å². The maximum absolute atomic E-state index is 12.3. The van der Waals surface area contributed by atoms with Gasteiger partial charge in [0.15, 0.2) is 0 Å². The smallest absolute Gasteiger partial charge is 0.278 e. The van der Waals surface area contributed by atoms with Crippen molar-refractivity contribution in [3.8, 4) is 11.8 Å². The zero-order chi connectivity index (χ0) is 14.7. The summed E-state index contributed by atoms with van der Waals surface area (Å²) in [5.41, 5.74) is 0. The molecule has 1 saturated heterocycles. The lowest BCUT2D eigenvalue weighted by atomic mass is 10.3. The van der Waals surface area contributed by atoms with Crippen molar-refractivity contribution in [2.24, 2.45) is 0 Å². The molecular weight excluding hydrogens is 290 g/mol. The predicted octanol–water partition coefficient (Wildman–Crippen LogP) is 1.84. The van der Waals surface area contributed by atoms with E-state index >= 15 is 0 Å². The lowest BCUT2D eigenvalue weighted by molar-refractivity contribution is 0.0775. The fourth-order valence-electron chi connectivity index (χ4n) is 2.26. The molecule has 1 aliphatic rings. The van der Waals surface area contributed by atoms with Crippen LogP contribution in [0.1, 0.15) is 16.1 Å². The molecule has 6 nitrogen and oxygen atoms in total. The predicted molar refractivity (Wildman–Crippen MR) is 77.8 cm³/mol. The molecule has 0 bridgehead atoms. The van der Waals surface area contributed by atoms with Gasteiger partial charge in [-0.3, -0.25) is 4.79 Å². The summed E-state index contributed by atoms with van der Waals surface area (Å²) >= 11 is 1.45. The Morgan fingerprint density at radius 3 is 2.90 bits per heavy atom. The van der Waals surface area contributed by atoms with Crippen molar-refractivity contribution in [1.82, 2.24) is 14.9 Å². The SMILES string of the molecule is COc1nccnc1OC1CCN(C(=O)c2cccs2)C1. The standard InChI is InChI=1S/C14H15N3O3S/c1-19-12-13(16-6-5-15-12)20-10-4-7-17(9-10)14(18)11-3-2-8-21-11/h2-3,5-6,8,10H,4,7,9H2,1H3. The fourth-order valence-corrected chi connectivity index (χ4v) is 2.95. The first-order chi connectivity index (χ1) is 10.3. The molecule has 1 fully saturated rings. The Bertz CT molecular complexity index is 618. The second kappa shape index (κ2) is 6.09. The van der Waals surface area contributed by atoms with Gasteiger partial charge >= 0.3 is 0 Å². The van der Waals surface area contributed by atoms with Crippen molar-refractivity contribution in [2.75, 3.05) is 20.2 Å². The van der Waals surface area contributed by atoms with Crippen LogP contribution in [-0.2, 0) is 0 Å². The van der Waals surface area contributed by atoms with E-state index in [0.29, 0.717) is 24.8 Å². The number of ether oxygens (including phenoxy) is 2. The Morgan fingerprint density at radius 2 is 2.19 bits per heavy atom. The van der Waals surface area contributed by atoms with Gasteiger partial charge in [-0.15, -0.1) is 11.3 Å². The summed E-state index contributed by atoms with van der Waals surface area (Å²) in [7, 11) is 1.53. The molecule has 0 aliphatic carbocycles. The Labute approximate surface area is 126 Å². The molecule has 2 aromatic heterocycles. The molecule has 1 amide bonds. The van der Waals surface area contributed by atoms with Crippen molar-refractivity contribution in [3.63, 3.8) is 0 Å². The molecule has 3 rings (SSSR count). The van der Waals surface area contributed by atoms with Crippen LogP contribution in [0.5, 0.6) is 11.8 Å². The van der Waals surface area contributed by atoms with Crippen LogP contribution < -0.4 is 9.47 Å². The third-order valence-corrected chi connectivity index (χ3v) is 4.13. The largest absolute Gasteiger partial charge is 0.477 e. The van der Waals surface area contributed by atoms with Crippen molar-refractivity contribution < 1.29 is 14.3 Å². The zero-order valence-electron chi connectivity index (χ0n) is 11.6. The van der Waals surface area contributed by atoms with Gasteiger partial charge in [-0.05, 0) is 11.4 Å². The molecule has 0 spiro atoms. The van der Waals surface area contributed by atoms with Gasteiger partial charge in [-0.2, -0.15) is 0 Å². The number of methoxy groups -OCH3 is 1. The average Bonchev–Trinajstić information content (AvgIpc) is 3.19. The van der Waals surface area contributed by atoms with E-state index in [-0.39, 0.29) is 12.0 Å². The number of aromatic nitrogens is 2. The number of carbonyl (C=O) groups is 1. The van der Waals surface area contributed by atoms with E-state index in [1.165, 1.54) is 18.4 Å². The Kier molecular flexibility index (Phi) is 4.01. The minimum absolute atomic E-state index is 0.0576. The van der Waals surface area contributed by atoms with E-state index < -0.39 is 0 Å². The van der Waals surface area contributed by atoms with E-state index in [9.17, 15) is 4.79 Å². The minimum Gasteiger partial charge on any atom is -0.477 e. The monoisotopic (exact) mass is 305 g/mol. The van der Waals surface area contributed by atoms with Gasteiger partial charge in [0.1, 0.15) is 6.10 Å². The highest BCUT2D eigenvalue weighted by Gasteiger charge is 2.29. The lowest BCUT2D eigenvalue weighted by Crippen LogP contribution is -2.30. The van der Waals surface area contributed by atoms with Crippen molar-refractivity contribution in [1.29, 1.82) is 0 Å². The van der Waals surface area contributed by atoms with Gasteiger partial charge in [0.25, 0.3) is 17.7 Å². The highest BCUT2D eigenvalue weighted by molar-refractivity contribution is 7.12. The molecule has 0 radical (unpaired) electrons. The van der Waals surface area contributed by atoms with Crippen molar-refractivity contribution in [2.45, 2.75) is 12.5 Å². The van der Waals surface area contributed by atoms with Crippen LogP contribution in [0.4, 0.5) is 0 Å². The molecular formula is C14H15N3O3S. The van der Waals surface area contributed by atoms with E-state index in [2.05, 4.69) is 9.97 Å². The van der Waals surface area contributed by atoms with Crippen molar-refractivity contribution in [3.05, 3.63) is 34.8 Å². The number of rotatable bonds is 4. The van der Waals surface area contributed by atoms with Gasteiger partial charge in [0, 0.05) is 25.4 Å². The number of amides is 1. The number of carbonyl (C=O) groups excluding carboxylic acids is 1. The zero-order valence-corrected chi connectivity index (χ0v) is 12.4. The third kappa shape index (κ3) is 2.97. The van der Waals surface area contributed by atoms with Crippen LogP contribution in [-0.4, -0.2) is 47.1 Å². The van der Waals surface area contributed by atoms with E-state index in [0.717, 1.165) is 11.3 Å². The Balaban J connectivity index is 1.63. The molecule has 0 saturated carbocycles. The van der Waals surface area contributed by atoms with Crippen LogP contribution >= 0.6 is 11.3 Å². The van der Waals surface area contributed by atoms with Gasteiger partial charge < -0.3 is 14.4 Å². The lowest BCUT2D eigenvalue weighted by Gasteiger charge is -2.16. The van der Waals surface area contributed by atoms with Crippen LogP contribution in [0, 0.1) is 0 Å². The summed E-state index contributed by atoms with van der Waals surface area (Å²) in [6, 6.07) is 3.72. The first-order valence-corrected chi connectivity index (χ1v) is 7.50. The maximum Gasteiger partial charge on any atom is 0.278 e. The summed E-state index contributed by atoms with van der Waals surface area (Å²) in [6.07, 6.45) is 3.80. The second-order valence-corrected chi connectivity index (χ2v) is 5.58. The number of nitrogens with zero attached hydrogens (tertiary/aromatic N) is 3. The van der Waals surface area contributed by atoms with Crippen LogP contribution in [0.3, 0.4) is 0 Å². The normalized spacial score (nSPS) is 17.8. The van der Waals surface area contributed by atoms with Crippen LogP contribution in [0.25, 0.3) is 0 Å². The average molecular weight is 305 g/mol. The second-order valence-electron chi connectivity index (χ2n) is 4.63. The van der Waals surface area contributed by atoms with Gasteiger partial charge in [0.2, 0.25) is 0 Å². The number of thiophene rings is 1. The molecule has 110 valence electrons. The molecule has 3 heterocycles. The first kappa shape index (κ1) is 13.8. The summed E-state index contributed by atoms with van der Waals surface area (Å²) in [5.74, 6) is 0.790. The van der Waals surface area contributed by atoms with Gasteiger partial charge in [0.05, 0.1) is 18.5 Å². The molecule has 2 aromatic rings. The summed E-state index contributed by atoms with van der Waals surface area (Å²) < 4.78 is 10.9. The first-order valence-electron chi connectivity index (χ1n) is 6.62. The maximum atomic E-state index is 12.3. The molecule has 7 heteroatoms. The number of hydrogen-bond acceptors (Lipinski definition) is 6. The summed E-state index contributed by atoms with van der Waals surface area (Å²) in [6.45, 7) is 1.24. The Hall–Kier alpha value is -2.15. The molecule has 0 N–H and O–H groups in total. The molecule has 21 heavy (non-hydrogen) atoms. The highest BCUT2D eigenvalue weighted by atomic mass is 32.1. The van der Waals surface area contributed by atoms with Crippen LogP contribution in [0.15, 0.2) is 29.9 Å². The Morgan fingerprint density at radius 1 is 1.38 bits per heavy atom.